The molecule has 0 aliphatic carbocycles. The first kappa shape index (κ1) is 48.5. The van der Waals surface area contributed by atoms with Gasteiger partial charge in [-0.1, -0.05) is 26.7 Å². The second-order valence-electron chi connectivity index (χ2n) is 19.2. The summed E-state index contributed by atoms with van der Waals surface area (Å²) in [5.41, 5.74) is 11.1. The van der Waals surface area contributed by atoms with Gasteiger partial charge in [0.05, 0.1) is 0 Å². The molecule has 0 bridgehead atoms. The Morgan fingerprint density at radius 2 is 0.638 bits per heavy atom. The fourth-order valence-corrected chi connectivity index (χ4v) is 13.7. The third-order valence-corrected chi connectivity index (χ3v) is 17.9. The summed E-state index contributed by atoms with van der Waals surface area (Å²) in [5, 5.41) is 0. The van der Waals surface area contributed by atoms with Gasteiger partial charge in [0.1, 0.15) is 0 Å². The molecule has 0 atom stereocenters. The van der Waals surface area contributed by atoms with Gasteiger partial charge in [-0.3, -0.25) is 0 Å². The van der Waals surface area contributed by atoms with E-state index in [1.54, 1.807) is 0 Å². The standard InChI is InChI=1S/C60H68N4O4Te/c1-5-9-13-21-35-61-47-27-19-17-25-43(47)53(57(61)65)55-45-39-41(29-31-49(45)63(59(55)67)37-23-15-11-7-3)51-33-34-52(69-51)42-30-32-50-46(40-42)56(60(68)64(50)38-24-16-12-8-4)54-44-26-18-20-28-48(44)62(58(54)66)36-22-14-10-6-2/h17-20,25-34,39-40H,5-16,21-24,35-38H2,1-4H3/b55-53-,56-54+. The summed E-state index contributed by atoms with van der Waals surface area (Å²) in [6.07, 6.45) is 16.8. The number of fused-ring (bicyclic) bond motifs is 4. The van der Waals surface area contributed by atoms with E-state index in [2.05, 4.69) is 76.2 Å². The number of carbonyl (C=O) groups is 4. The Balaban J connectivity index is 1.09. The fourth-order valence-electron chi connectivity index (χ4n) is 10.8. The summed E-state index contributed by atoms with van der Waals surface area (Å²) in [5.74, 6) is -0.324. The fraction of sp³-hybridized carbons (Fsp3) is 0.400. The molecular weight excluding hydrogens is 968 g/mol. The third-order valence-electron chi connectivity index (χ3n) is 14.5. The Morgan fingerprint density at radius 1 is 0.333 bits per heavy atom. The Kier molecular flexibility index (Phi) is 15.5. The molecule has 0 saturated heterocycles. The average molecular weight is 1040 g/mol. The molecule has 4 aliphatic rings. The zero-order valence-corrected chi connectivity index (χ0v) is 43.5. The van der Waals surface area contributed by atoms with Crippen molar-refractivity contribution in [3.63, 3.8) is 0 Å². The number of carbonyl (C=O) groups excluding carboxylic acids is 4. The van der Waals surface area contributed by atoms with Gasteiger partial charge in [0.2, 0.25) is 0 Å². The average Bonchev–Trinajstić information content (AvgIpc) is 4.15. The van der Waals surface area contributed by atoms with Gasteiger partial charge >= 0.3 is 395 Å². The molecule has 9 heteroatoms. The van der Waals surface area contributed by atoms with Crippen LogP contribution in [-0.4, -0.2) is 70.2 Å². The van der Waals surface area contributed by atoms with E-state index in [1.807, 2.05) is 68.1 Å². The number of rotatable bonds is 22. The predicted octanol–water partition coefficient (Wildman–Crippen LogP) is 13.6. The summed E-state index contributed by atoms with van der Waals surface area (Å²) < 4.78 is 2.50. The van der Waals surface area contributed by atoms with Crippen molar-refractivity contribution in [1.29, 1.82) is 0 Å². The SMILES string of the molecule is CCCCCCN1C(=O)/C(=C2\C(=O)N(CCCCCC)c3ccc(-c4ccc(-c5ccc6c(c5)/C(=C5\C(=O)N(CCCCCC)c7ccccc75)C(=O)N6CCCCCC)[te]4)cc32)c2ccccc21. The minimum absolute atomic E-state index is 0.0792. The van der Waals surface area contributed by atoms with Gasteiger partial charge in [-0.2, -0.15) is 0 Å². The number of nitrogens with zero attached hydrogens (tertiary/aromatic N) is 4. The van der Waals surface area contributed by atoms with Crippen LogP contribution in [-0.2, 0) is 19.2 Å². The van der Waals surface area contributed by atoms with E-state index >= 15 is 0 Å². The maximum atomic E-state index is 14.8. The summed E-state index contributed by atoms with van der Waals surface area (Å²) >= 11 is -0.927. The first-order chi connectivity index (χ1) is 33.8. The van der Waals surface area contributed by atoms with Gasteiger partial charge in [0.25, 0.3) is 0 Å². The van der Waals surface area contributed by atoms with E-state index in [4.69, 9.17) is 0 Å². The van der Waals surface area contributed by atoms with Crippen LogP contribution >= 0.6 is 0 Å². The molecule has 0 radical (unpaired) electrons. The van der Waals surface area contributed by atoms with E-state index in [0.717, 1.165) is 159 Å². The van der Waals surface area contributed by atoms with Gasteiger partial charge in [-0.05, 0) is 0 Å². The molecule has 5 aromatic rings. The van der Waals surface area contributed by atoms with Crippen molar-refractivity contribution in [2.45, 2.75) is 130 Å². The van der Waals surface area contributed by atoms with Crippen LogP contribution in [0.5, 0.6) is 0 Å². The molecule has 69 heavy (non-hydrogen) atoms. The van der Waals surface area contributed by atoms with Crippen LogP contribution in [0.3, 0.4) is 0 Å². The van der Waals surface area contributed by atoms with Crippen LogP contribution in [0.2, 0.25) is 0 Å². The maximum absolute atomic E-state index is 14.8. The summed E-state index contributed by atoms with van der Waals surface area (Å²) in [7, 11) is 0. The molecule has 8 nitrogen and oxygen atoms in total. The summed E-state index contributed by atoms with van der Waals surface area (Å²) in [6, 6.07) is 33.3. The van der Waals surface area contributed by atoms with Gasteiger partial charge in [0.15, 0.2) is 0 Å². The Bertz CT molecular complexity index is 2630. The number of anilines is 4. The van der Waals surface area contributed by atoms with Crippen molar-refractivity contribution < 1.29 is 19.2 Å². The molecule has 0 saturated carbocycles. The van der Waals surface area contributed by atoms with Gasteiger partial charge < -0.3 is 0 Å². The van der Waals surface area contributed by atoms with Crippen LogP contribution in [0.15, 0.2) is 97.1 Å². The number of para-hydroxylation sites is 2. The Hall–Kier alpha value is -5.49. The van der Waals surface area contributed by atoms with E-state index in [-0.39, 0.29) is 23.6 Å². The number of hydrogen-bond acceptors (Lipinski definition) is 4. The first-order valence-corrected chi connectivity index (χ1v) is 28.5. The third kappa shape index (κ3) is 9.46. The van der Waals surface area contributed by atoms with Crippen molar-refractivity contribution in [3.8, 4) is 18.3 Å². The van der Waals surface area contributed by atoms with Crippen molar-refractivity contribution in [2.24, 2.45) is 0 Å². The Morgan fingerprint density at radius 3 is 0.971 bits per heavy atom. The number of hydrogen-bond donors (Lipinski definition) is 0. The van der Waals surface area contributed by atoms with Gasteiger partial charge in [-0.25, -0.2) is 0 Å². The normalized spacial score (nSPS) is 17.2. The topological polar surface area (TPSA) is 81.2 Å². The molecule has 358 valence electrons. The number of benzene rings is 4. The summed E-state index contributed by atoms with van der Waals surface area (Å²) in [4.78, 5) is 66.5. The van der Waals surface area contributed by atoms with E-state index in [1.165, 1.54) is 7.16 Å². The van der Waals surface area contributed by atoms with Crippen LogP contribution < -0.4 is 19.6 Å². The molecule has 9 rings (SSSR count). The van der Waals surface area contributed by atoms with Crippen molar-refractivity contribution in [2.75, 3.05) is 45.8 Å². The molecular formula is C60H68N4O4Te. The molecule has 4 amide bonds. The van der Waals surface area contributed by atoms with E-state index in [0.29, 0.717) is 48.5 Å². The molecule has 0 N–H and O–H groups in total. The molecule has 5 heterocycles. The van der Waals surface area contributed by atoms with Crippen molar-refractivity contribution in [3.05, 3.63) is 119 Å². The van der Waals surface area contributed by atoms with Crippen LogP contribution in [0.4, 0.5) is 22.7 Å². The number of amides is 4. The second kappa shape index (κ2) is 22.1. The predicted molar refractivity (Wildman–Crippen MR) is 287 cm³/mol. The van der Waals surface area contributed by atoms with Crippen LogP contribution in [0.1, 0.15) is 153 Å². The van der Waals surface area contributed by atoms with Gasteiger partial charge in [0, 0.05) is 0 Å². The van der Waals surface area contributed by atoms with Gasteiger partial charge in [-0.15, -0.1) is 0 Å². The molecule has 4 aromatic carbocycles. The summed E-state index contributed by atoms with van der Waals surface area (Å²) in [6.45, 7) is 11.3. The Labute approximate surface area is 419 Å². The quantitative estimate of drug-likeness (QED) is 0.0393. The molecule has 4 aliphatic heterocycles. The van der Waals surface area contributed by atoms with Crippen molar-refractivity contribution >= 4 is 89.1 Å². The minimum atomic E-state index is -0.927. The van der Waals surface area contributed by atoms with Crippen LogP contribution in [0.25, 0.3) is 40.6 Å². The van der Waals surface area contributed by atoms with Crippen molar-refractivity contribution in [1.82, 2.24) is 0 Å². The number of unbranched alkanes of at least 4 members (excludes halogenated alkanes) is 12. The molecule has 0 unspecified atom stereocenters. The molecule has 0 spiro atoms. The zero-order chi connectivity index (χ0) is 48.0. The van der Waals surface area contributed by atoms with E-state index in [9.17, 15) is 19.2 Å². The second-order valence-corrected chi connectivity index (χ2v) is 22.3. The van der Waals surface area contributed by atoms with E-state index < -0.39 is 20.4 Å². The zero-order valence-electron chi connectivity index (χ0n) is 41.2. The molecule has 1 aromatic heterocycles. The first-order valence-electron chi connectivity index (χ1n) is 26.1. The van der Waals surface area contributed by atoms with Crippen LogP contribution in [0, 0.1) is 0 Å². The monoisotopic (exact) mass is 1040 g/mol. The molecule has 0 fully saturated rings.